The van der Waals surface area contributed by atoms with Crippen molar-refractivity contribution in [3.05, 3.63) is 69.3 Å². The van der Waals surface area contributed by atoms with Gasteiger partial charge >= 0.3 is 5.97 Å². The number of carbonyl (C=O) groups excluding carboxylic acids is 2. The van der Waals surface area contributed by atoms with Crippen molar-refractivity contribution in [2.24, 2.45) is 5.41 Å². The highest BCUT2D eigenvalue weighted by atomic mass is 32.2. The number of carboxylic acid groups (broad SMARTS) is 1. The number of aryl methyl sites for hydroxylation is 1. The number of nitrogens with one attached hydrogen (secondary N) is 2. The summed E-state index contributed by atoms with van der Waals surface area (Å²) in [6.07, 6.45) is 8.51. The largest absolute Gasteiger partial charge is 0.480 e. The zero-order valence-corrected chi connectivity index (χ0v) is 22.6. The van der Waals surface area contributed by atoms with Crippen LogP contribution in [0.15, 0.2) is 42.5 Å². The summed E-state index contributed by atoms with van der Waals surface area (Å²) in [5.74, 6) is -0.680. The molecular weight excluding hydrogens is 506 g/mol. The van der Waals surface area contributed by atoms with E-state index in [1.165, 1.54) is 18.2 Å². The predicted molar refractivity (Wildman–Crippen MR) is 149 cm³/mol. The maximum Gasteiger partial charge on any atom is 0.326 e. The first-order valence-corrected chi connectivity index (χ1v) is 14.2. The van der Waals surface area contributed by atoms with Gasteiger partial charge in [0.15, 0.2) is 0 Å². The lowest BCUT2D eigenvalue weighted by molar-refractivity contribution is -0.384. The number of amides is 2. The van der Waals surface area contributed by atoms with Crippen LogP contribution in [-0.2, 0) is 16.0 Å². The van der Waals surface area contributed by atoms with E-state index in [1.54, 1.807) is 43.0 Å². The molecule has 1 saturated carbocycles. The van der Waals surface area contributed by atoms with Crippen LogP contribution in [-0.4, -0.2) is 45.9 Å². The highest BCUT2D eigenvalue weighted by Gasteiger charge is 2.41. The quantitative estimate of drug-likeness (QED) is 0.176. The molecule has 0 aliphatic heterocycles. The molecule has 2 aromatic carbocycles. The fourth-order valence-electron chi connectivity index (χ4n) is 4.99. The number of benzene rings is 2. The highest BCUT2D eigenvalue weighted by molar-refractivity contribution is 7.98. The van der Waals surface area contributed by atoms with E-state index in [1.807, 2.05) is 0 Å². The summed E-state index contributed by atoms with van der Waals surface area (Å²) in [6, 6.07) is 9.74. The molecule has 0 heterocycles. The SMILES string of the molecule is CSCCCCC1(C(=O)N[C@@H](Cc2ccc(NC(=O)c3cc([N+](=O)[O-])ccc3C)cc2)C(=O)O)CCCC1. The first-order chi connectivity index (χ1) is 18.1. The van der Waals surface area contributed by atoms with Gasteiger partial charge in [0.25, 0.3) is 11.6 Å². The van der Waals surface area contributed by atoms with Crippen LogP contribution in [0, 0.1) is 22.5 Å². The Bertz CT molecular complexity index is 1160. The van der Waals surface area contributed by atoms with Gasteiger partial charge in [-0.25, -0.2) is 4.79 Å². The molecule has 0 spiro atoms. The molecule has 9 nitrogen and oxygen atoms in total. The third kappa shape index (κ3) is 7.56. The molecular formula is C28H35N3O6S. The van der Waals surface area contributed by atoms with Gasteiger partial charge in [0, 0.05) is 35.2 Å². The smallest absolute Gasteiger partial charge is 0.326 e. The Labute approximate surface area is 226 Å². The lowest BCUT2D eigenvalue weighted by atomic mass is 9.80. The van der Waals surface area contributed by atoms with Crippen molar-refractivity contribution in [2.75, 3.05) is 17.3 Å². The monoisotopic (exact) mass is 541 g/mol. The van der Waals surface area contributed by atoms with Crippen molar-refractivity contribution < 1.29 is 24.4 Å². The second-order valence-electron chi connectivity index (χ2n) is 9.91. The Kier molecular flexibility index (Phi) is 10.3. The summed E-state index contributed by atoms with van der Waals surface area (Å²) in [6.45, 7) is 1.70. The minimum absolute atomic E-state index is 0.113. The van der Waals surface area contributed by atoms with Crippen LogP contribution in [0.25, 0.3) is 0 Å². The van der Waals surface area contributed by atoms with E-state index < -0.39 is 28.3 Å². The predicted octanol–water partition coefficient (Wildman–Crippen LogP) is 5.36. The third-order valence-corrected chi connectivity index (χ3v) is 7.92. The summed E-state index contributed by atoms with van der Waals surface area (Å²) in [5, 5.41) is 26.4. The van der Waals surface area contributed by atoms with E-state index in [0.717, 1.165) is 50.7 Å². The van der Waals surface area contributed by atoms with E-state index in [4.69, 9.17) is 0 Å². The average Bonchev–Trinajstić information content (AvgIpc) is 3.37. The number of unbranched alkanes of at least 4 members (excludes halogenated alkanes) is 1. The molecule has 1 atom stereocenters. The number of hydrogen-bond acceptors (Lipinski definition) is 6. The lowest BCUT2D eigenvalue weighted by Crippen LogP contribution is -2.48. The van der Waals surface area contributed by atoms with Gasteiger partial charge in [-0.15, -0.1) is 0 Å². The number of non-ortho nitro benzene ring substituents is 1. The van der Waals surface area contributed by atoms with Crippen molar-refractivity contribution >= 4 is 40.9 Å². The first-order valence-electron chi connectivity index (χ1n) is 12.8. The number of nitrogens with zero attached hydrogens (tertiary/aromatic N) is 1. The fourth-order valence-corrected chi connectivity index (χ4v) is 5.48. The summed E-state index contributed by atoms with van der Waals surface area (Å²) in [4.78, 5) is 48.5. The molecule has 0 unspecified atom stereocenters. The van der Waals surface area contributed by atoms with Gasteiger partial charge < -0.3 is 15.7 Å². The molecule has 0 aromatic heterocycles. The van der Waals surface area contributed by atoms with Gasteiger partial charge in [-0.3, -0.25) is 19.7 Å². The fraction of sp³-hybridized carbons (Fsp3) is 0.464. The summed E-state index contributed by atoms with van der Waals surface area (Å²) in [7, 11) is 0. The topological polar surface area (TPSA) is 139 Å². The van der Waals surface area contributed by atoms with Crippen LogP contribution in [0.3, 0.4) is 0 Å². The Morgan fingerprint density at radius 3 is 2.39 bits per heavy atom. The maximum atomic E-state index is 13.3. The Morgan fingerprint density at radius 2 is 1.79 bits per heavy atom. The molecule has 0 saturated heterocycles. The van der Waals surface area contributed by atoms with Crippen molar-refractivity contribution in [1.82, 2.24) is 5.32 Å². The van der Waals surface area contributed by atoms with Crippen molar-refractivity contribution in [2.45, 2.75) is 64.3 Å². The molecule has 38 heavy (non-hydrogen) atoms. The van der Waals surface area contributed by atoms with Gasteiger partial charge in [-0.05, 0) is 67.9 Å². The van der Waals surface area contributed by atoms with Gasteiger partial charge in [-0.1, -0.05) is 37.5 Å². The van der Waals surface area contributed by atoms with Crippen LogP contribution in [0.2, 0.25) is 0 Å². The minimum atomic E-state index is -1.09. The van der Waals surface area contributed by atoms with E-state index in [0.29, 0.717) is 16.8 Å². The average molecular weight is 542 g/mol. The maximum absolute atomic E-state index is 13.3. The number of rotatable bonds is 13. The normalized spacial score (nSPS) is 15.0. The van der Waals surface area contributed by atoms with Gasteiger partial charge in [0.2, 0.25) is 5.91 Å². The number of aliphatic carboxylic acids is 1. The Hall–Kier alpha value is -3.40. The molecule has 1 fully saturated rings. The van der Waals surface area contributed by atoms with E-state index >= 15 is 0 Å². The van der Waals surface area contributed by atoms with Crippen LogP contribution in [0.1, 0.15) is 66.4 Å². The van der Waals surface area contributed by atoms with Gasteiger partial charge in [-0.2, -0.15) is 11.8 Å². The second-order valence-corrected chi connectivity index (χ2v) is 10.9. The Balaban J connectivity index is 1.64. The Morgan fingerprint density at radius 1 is 1.11 bits per heavy atom. The number of thioether (sulfide) groups is 1. The van der Waals surface area contributed by atoms with Crippen LogP contribution in [0.4, 0.5) is 11.4 Å². The molecule has 2 amide bonds. The van der Waals surface area contributed by atoms with E-state index in [2.05, 4.69) is 16.9 Å². The molecule has 0 bridgehead atoms. The number of nitro benzene ring substituents is 1. The van der Waals surface area contributed by atoms with Crippen LogP contribution < -0.4 is 10.6 Å². The molecule has 204 valence electrons. The molecule has 10 heteroatoms. The highest BCUT2D eigenvalue weighted by Crippen LogP contribution is 2.42. The zero-order valence-electron chi connectivity index (χ0n) is 21.8. The standard InChI is InChI=1S/C28H35N3O6S/c1-19-7-12-22(31(36)37)18-23(19)25(32)29-21-10-8-20(9-11-21)17-24(26(33)34)30-27(35)28(13-3-4-14-28)15-5-6-16-38-2/h7-12,18,24H,3-6,13-17H2,1-2H3,(H,29,32)(H,30,35)(H,33,34)/t24-/m0/s1. The number of carbonyl (C=O) groups is 3. The summed E-state index contributed by atoms with van der Waals surface area (Å²) in [5.41, 5.74) is 1.32. The zero-order chi connectivity index (χ0) is 27.7. The second kappa shape index (κ2) is 13.4. The van der Waals surface area contributed by atoms with Crippen LogP contribution in [0.5, 0.6) is 0 Å². The summed E-state index contributed by atoms with van der Waals surface area (Å²) >= 11 is 1.79. The number of nitro groups is 1. The van der Waals surface area contributed by atoms with Crippen molar-refractivity contribution in [1.29, 1.82) is 0 Å². The number of carboxylic acids is 1. The molecule has 1 aliphatic carbocycles. The minimum Gasteiger partial charge on any atom is -0.480 e. The molecule has 3 N–H and O–H groups in total. The van der Waals surface area contributed by atoms with Crippen molar-refractivity contribution in [3.8, 4) is 0 Å². The first kappa shape index (κ1) is 29.2. The lowest BCUT2D eigenvalue weighted by Gasteiger charge is -2.29. The summed E-state index contributed by atoms with van der Waals surface area (Å²) < 4.78 is 0. The van der Waals surface area contributed by atoms with Gasteiger partial charge in [0.1, 0.15) is 6.04 Å². The number of anilines is 1. The molecule has 1 aliphatic rings. The van der Waals surface area contributed by atoms with E-state index in [-0.39, 0.29) is 23.6 Å². The third-order valence-electron chi connectivity index (χ3n) is 7.23. The van der Waals surface area contributed by atoms with Gasteiger partial charge in [0.05, 0.1) is 4.92 Å². The molecule has 3 rings (SSSR count). The number of hydrogen-bond donors (Lipinski definition) is 3. The van der Waals surface area contributed by atoms with Crippen molar-refractivity contribution in [3.63, 3.8) is 0 Å². The molecule has 0 radical (unpaired) electrons. The molecule has 2 aromatic rings. The van der Waals surface area contributed by atoms with Crippen LogP contribution >= 0.6 is 11.8 Å². The van der Waals surface area contributed by atoms with E-state index in [9.17, 15) is 29.6 Å².